The van der Waals surface area contributed by atoms with Gasteiger partial charge in [-0.05, 0) is 34.5 Å². The van der Waals surface area contributed by atoms with E-state index in [1.165, 1.54) is 12.1 Å². The van der Waals surface area contributed by atoms with Crippen LogP contribution in [-0.4, -0.2) is 5.11 Å². The predicted molar refractivity (Wildman–Crippen MR) is 54.4 cm³/mol. The van der Waals surface area contributed by atoms with Crippen molar-refractivity contribution in [3.8, 4) is 0 Å². The molecule has 0 unspecified atom stereocenters. The van der Waals surface area contributed by atoms with Crippen molar-refractivity contribution in [2.75, 3.05) is 0 Å². The summed E-state index contributed by atoms with van der Waals surface area (Å²) in [5, 5.41) is 9.82. The number of hydrogen-bond donors (Lipinski definition) is 1. The minimum atomic E-state index is -0.786. The molecule has 1 rings (SSSR count). The monoisotopic (exact) mass is 266 g/mol. The van der Waals surface area contributed by atoms with E-state index in [0.29, 0.717) is 15.9 Å². The molecule has 13 heavy (non-hydrogen) atoms. The minimum Gasteiger partial charge on any atom is -0.388 e. The number of aliphatic hydroxyl groups is 1. The van der Waals surface area contributed by atoms with Gasteiger partial charge in [0.15, 0.2) is 0 Å². The Kier molecular flexibility index (Phi) is 3.71. The van der Waals surface area contributed by atoms with Crippen LogP contribution in [0.4, 0.5) is 4.39 Å². The second-order valence-corrected chi connectivity index (χ2v) is 3.97. The Hall–Kier alpha value is -0.120. The molecule has 1 aromatic rings. The molecule has 0 radical (unpaired) electrons. The highest BCUT2D eigenvalue weighted by Crippen LogP contribution is 2.29. The molecule has 1 nitrogen and oxygen atoms in total. The van der Waals surface area contributed by atoms with E-state index in [1.807, 2.05) is 0 Å². The molecule has 1 N–H and O–H groups in total. The number of hydrogen-bond acceptors (Lipinski definition) is 1. The van der Waals surface area contributed by atoms with E-state index < -0.39 is 11.9 Å². The molecule has 72 valence electrons. The van der Waals surface area contributed by atoms with Gasteiger partial charge in [-0.3, -0.25) is 0 Å². The highest BCUT2D eigenvalue weighted by Gasteiger charge is 2.13. The third-order valence-electron chi connectivity index (χ3n) is 1.79. The molecular formula is C9H9BrClFO. The van der Waals surface area contributed by atoms with E-state index in [9.17, 15) is 9.50 Å². The Morgan fingerprint density at radius 1 is 1.62 bits per heavy atom. The van der Waals surface area contributed by atoms with Crippen LogP contribution >= 0.6 is 27.5 Å². The van der Waals surface area contributed by atoms with E-state index in [0.717, 1.165) is 0 Å². The normalized spacial score (nSPS) is 13.0. The van der Waals surface area contributed by atoms with Gasteiger partial charge >= 0.3 is 0 Å². The van der Waals surface area contributed by atoms with E-state index in [-0.39, 0.29) is 5.56 Å². The summed E-state index contributed by atoms with van der Waals surface area (Å²) >= 11 is 8.86. The predicted octanol–water partition coefficient (Wildman–Crippen LogP) is 3.69. The highest BCUT2D eigenvalue weighted by atomic mass is 79.9. The van der Waals surface area contributed by atoms with Gasteiger partial charge in [0.05, 0.1) is 11.1 Å². The average Bonchev–Trinajstić information content (AvgIpc) is 2.10. The van der Waals surface area contributed by atoms with Crippen molar-refractivity contribution in [2.45, 2.75) is 19.4 Å². The van der Waals surface area contributed by atoms with Gasteiger partial charge in [0.1, 0.15) is 5.82 Å². The second-order valence-electron chi connectivity index (χ2n) is 2.71. The summed E-state index contributed by atoms with van der Waals surface area (Å²) in [6.07, 6.45) is -0.319. The minimum absolute atomic E-state index is 0.246. The Bertz CT molecular complexity index is 317. The SMILES string of the molecule is CC[C@@H](O)c1cc(Cl)c(Br)cc1F. The van der Waals surface area contributed by atoms with Crippen molar-refractivity contribution in [3.05, 3.63) is 33.0 Å². The van der Waals surface area contributed by atoms with Crippen molar-refractivity contribution in [3.63, 3.8) is 0 Å². The zero-order chi connectivity index (χ0) is 10.0. The molecule has 0 aliphatic carbocycles. The van der Waals surface area contributed by atoms with Gasteiger partial charge in [-0.25, -0.2) is 4.39 Å². The first kappa shape index (κ1) is 11.0. The molecule has 0 fully saturated rings. The fourth-order valence-corrected chi connectivity index (χ4v) is 1.50. The molecule has 0 heterocycles. The lowest BCUT2D eigenvalue weighted by Crippen LogP contribution is -1.99. The number of rotatable bonds is 2. The number of aliphatic hydroxyl groups excluding tert-OH is 1. The van der Waals surface area contributed by atoms with Crippen LogP contribution in [0, 0.1) is 5.82 Å². The first-order valence-electron chi connectivity index (χ1n) is 3.88. The Balaban J connectivity index is 3.15. The quantitative estimate of drug-likeness (QED) is 0.810. The largest absolute Gasteiger partial charge is 0.388 e. The molecule has 0 aliphatic rings. The maximum absolute atomic E-state index is 13.2. The lowest BCUT2D eigenvalue weighted by atomic mass is 10.1. The summed E-state index contributed by atoms with van der Waals surface area (Å²) in [7, 11) is 0. The van der Waals surface area contributed by atoms with Crippen LogP contribution in [0.2, 0.25) is 5.02 Å². The van der Waals surface area contributed by atoms with E-state index in [1.54, 1.807) is 6.92 Å². The van der Waals surface area contributed by atoms with Crippen LogP contribution in [0.3, 0.4) is 0 Å². The molecule has 0 saturated heterocycles. The van der Waals surface area contributed by atoms with Crippen LogP contribution in [0.15, 0.2) is 16.6 Å². The van der Waals surface area contributed by atoms with Crippen LogP contribution in [0.25, 0.3) is 0 Å². The van der Waals surface area contributed by atoms with Gasteiger partial charge in [0, 0.05) is 10.0 Å². The molecule has 4 heteroatoms. The molecule has 0 amide bonds. The van der Waals surface area contributed by atoms with Gasteiger partial charge in [0.25, 0.3) is 0 Å². The molecule has 0 aromatic heterocycles. The molecule has 0 aliphatic heterocycles. The molecule has 0 saturated carbocycles. The fraction of sp³-hybridized carbons (Fsp3) is 0.333. The first-order chi connectivity index (χ1) is 6.06. The van der Waals surface area contributed by atoms with Gasteiger partial charge < -0.3 is 5.11 Å². The Labute approximate surface area is 89.7 Å². The summed E-state index contributed by atoms with van der Waals surface area (Å²) in [5.41, 5.74) is 0.246. The highest BCUT2D eigenvalue weighted by molar-refractivity contribution is 9.10. The van der Waals surface area contributed by atoms with Crippen LogP contribution in [0.1, 0.15) is 25.0 Å². The Morgan fingerprint density at radius 3 is 2.77 bits per heavy atom. The third-order valence-corrected chi connectivity index (χ3v) is 2.98. The summed E-state index contributed by atoms with van der Waals surface area (Å²) in [6.45, 7) is 1.78. The third kappa shape index (κ3) is 2.42. The molecule has 0 bridgehead atoms. The van der Waals surface area contributed by atoms with Gasteiger partial charge in [-0.15, -0.1) is 0 Å². The van der Waals surface area contributed by atoms with Gasteiger partial charge in [-0.1, -0.05) is 18.5 Å². The molecular weight excluding hydrogens is 258 g/mol. The summed E-state index contributed by atoms with van der Waals surface area (Å²) in [5.74, 6) is -0.439. The molecule has 1 aromatic carbocycles. The molecule has 0 spiro atoms. The second kappa shape index (κ2) is 4.40. The van der Waals surface area contributed by atoms with E-state index in [2.05, 4.69) is 15.9 Å². The van der Waals surface area contributed by atoms with Crippen molar-refractivity contribution < 1.29 is 9.50 Å². The lowest BCUT2D eigenvalue weighted by molar-refractivity contribution is 0.169. The summed E-state index contributed by atoms with van der Waals surface area (Å²) in [4.78, 5) is 0. The van der Waals surface area contributed by atoms with E-state index >= 15 is 0 Å². The van der Waals surface area contributed by atoms with Gasteiger partial charge in [0.2, 0.25) is 0 Å². The topological polar surface area (TPSA) is 20.2 Å². The standard InChI is InChI=1S/C9H9BrClFO/c1-2-9(13)5-3-7(11)6(10)4-8(5)12/h3-4,9,13H,2H2,1H3/t9-/m1/s1. The smallest absolute Gasteiger partial charge is 0.130 e. The number of halogens is 3. The maximum atomic E-state index is 13.2. The van der Waals surface area contributed by atoms with Crippen molar-refractivity contribution in [2.24, 2.45) is 0 Å². The number of benzene rings is 1. The van der Waals surface area contributed by atoms with Gasteiger partial charge in [-0.2, -0.15) is 0 Å². The zero-order valence-corrected chi connectivity index (χ0v) is 9.36. The first-order valence-corrected chi connectivity index (χ1v) is 5.05. The maximum Gasteiger partial charge on any atom is 0.130 e. The van der Waals surface area contributed by atoms with Crippen LogP contribution < -0.4 is 0 Å². The van der Waals surface area contributed by atoms with Crippen molar-refractivity contribution in [1.29, 1.82) is 0 Å². The van der Waals surface area contributed by atoms with Crippen molar-refractivity contribution >= 4 is 27.5 Å². The van der Waals surface area contributed by atoms with Crippen LogP contribution in [-0.2, 0) is 0 Å². The van der Waals surface area contributed by atoms with E-state index in [4.69, 9.17) is 11.6 Å². The average molecular weight is 268 g/mol. The lowest BCUT2D eigenvalue weighted by Gasteiger charge is -2.10. The van der Waals surface area contributed by atoms with Crippen molar-refractivity contribution in [1.82, 2.24) is 0 Å². The molecule has 1 atom stereocenters. The Morgan fingerprint density at radius 2 is 2.23 bits per heavy atom. The summed E-state index contributed by atoms with van der Waals surface area (Å²) in [6, 6.07) is 2.70. The zero-order valence-electron chi connectivity index (χ0n) is 7.02. The van der Waals surface area contributed by atoms with Crippen LogP contribution in [0.5, 0.6) is 0 Å². The fourth-order valence-electron chi connectivity index (χ4n) is 1.01. The summed E-state index contributed by atoms with van der Waals surface area (Å²) < 4.78 is 13.7.